The van der Waals surface area contributed by atoms with Crippen LogP contribution < -0.4 is 30.0 Å². The molecule has 3 heterocycles. The zero-order valence-corrected chi connectivity index (χ0v) is 23.4. The van der Waals surface area contributed by atoms with E-state index in [0.717, 1.165) is 30.1 Å². The summed E-state index contributed by atoms with van der Waals surface area (Å²) in [6.45, 7) is 5.77. The molecule has 0 spiro atoms. The fraction of sp³-hybridized carbons (Fsp3) is 0.300. The number of rotatable bonds is 9. The van der Waals surface area contributed by atoms with Crippen molar-refractivity contribution in [3.05, 3.63) is 76.6 Å². The first kappa shape index (κ1) is 27.0. The lowest BCUT2D eigenvalue weighted by atomic mass is 10.1. The Balaban J connectivity index is 1.28. The summed E-state index contributed by atoms with van der Waals surface area (Å²) in [4.78, 5) is 33.8. The number of benzene rings is 3. The van der Waals surface area contributed by atoms with Crippen LogP contribution in [0, 0.1) is 0 Å². The molecule has 0 radical (unpaired) electrons. The molecular weight excluding hydrogens is 544 g/mol. The van der Waals surface area contributed by atoms with E-state index in [1.807, 2.05) is 55.5 Å². The SMILES string of the molecule is CCOc1ccc(NC(=O)CSc2nc3ccc(N4CCOCC4)cc3c(=O)n2Cc2ccc3c(c2)OCO3)cc1. The van der Waals surface area contributed by atoms with Crippen molar-refractivity contribution >= 4 is 39.9 Å². The van der Waals surface area contributed by atoms with Crippen molar-refractivity contribution in [1.29, 1.82) is 0 Å². The van der Waals surface area contributed by atoms with Gasteiger partial charge in [0.25, 0.3) is 5.56 Å². The van der Waals surface area contributed by atoms with Gasteiger partial charge in [0.1, 0.15) is 5.75 Å². The predicted molar refractivity (Wildman–Crippen MR) is 158 cm³/mol. The normalized spacial score (nSPS) is 14.3. The molecule has 10 nitrogen and oxygen atoms in total. The maximum absolute atomic E-state index is 13.9. The Morgan fingerprint density at radius 2 is 1.83 bits per heavy atom. The molecule has 4 aromatic rings. The van der Waals surface area contributed by atoms with Crippen LogP contribution >= 0.6 is 11.8 Å². The molecule has 0 atom stereocenters. The second kappa shape index (κ2) is 12.1. The first-order valence-corrected chi connectivity index (χ1v) is 14.5. The number of thioether (sulfide) groups is 1. The third-order valence-corrected chi connectivity index (χ3v) is 7.81. The van der Waals surface area contributed by atoms with Crippen molar-refractivity contribution in [3.63, 3.8) is 0 Å². The van der Waals surface area contributed by atoms with E-state index in [0.29, 0.717) is 53.1 Å². The molecule has 0 unspecified atom stereocenters. The van der Waals surface area contributed by atoms with Crippen LogP contribution in [0.1, 0.15) is 12.5 Å². The summed E-state index contributed by atoms with van der Waals surface area (Å²) in [5, 5.41) is 3.88. The third-order valence-electron chi connectivity index (χ3n) is 6.84. The average molecular weight is 575 g/mol. The maximum atomic E-state index is 13.9. The summed E-state index contributed by atoms with van der Waals surface area (Å²) < 4.78 is 23.6. The van der Waals surface area contributed by atoms with E-state index in [9.17, 15) is 9.59 Å². The van der Waals surface area contributed by atoms with Gasteiger partial charge < -0.3 is 29.2 Å². The lowest BCUT2D eigenvalue weighted by molar-refractivity contribution is -0.113. The molecule has 2 aliphatic heterocycles. The number of amides is 1. The molecule has 1 saturated heterocycles. The number of hydrogen-bond donors (Lipinski definition) is 1. The molecule has 212 valence electrons. The van der Waals surface area contributed by atoms with Crippen LogP contribution in [0.4, 0.5) is 11.4 Å². The highest BCUT2D eigenvalue weighted by Crippen LogP contribution is 2.33. The summed E-state index contributed by atoms with van der Waals surface area (Å²) in [5.41, 5.74) is 2.91. The van der Waals surface area contributed by atoms with Gasteiger partial charge in [-0.05, 0) is 67.1 Å². The topological polar surface area (TPSA) is 104 Å². The Kier molecular flexibility index (Phi) is 7.97. The second-order valence-electron chi connectivity index (χ2n) is 9.57. The minimum absolute atomic E-state index is 0.0815. The molecule has 0 aliphatic carbocycles. The molecule has 11 heteroatoms. The Morgan fingerprint density at radius 1 is 1.02 bits per heavy atom. The Bertz CT molecular complexity index is 1620. The lowest BCUT2D eigenvalue weighted by Crippen LogP contribution is -2.36. The number of morpholine rings is 1. The Hall–Kier alpha value is -4.22. The fourth-order valence-corrected chi connectivity index (χ4v) is 5.61. The number of nitrogens with one attached hydrogen (secondary N) is 1. The lowest BCUT2D eigenvalue weighted by Gasteiger charge is -2.29. The van der Waals surface area contributed by atoms with Crippen LogP contribution in [-0.4, -0.2) is 60.9 Å². The van der Waals surface area contributed by atoms with Gasteiger partial charge in [-0.15, -0.1) is 0 Å². The minimum Gasteiger partial charge on any atom is -0.494 e. The van der Waals surface area contributed by atoms with Crippen LogP contribution in [0.15, 0.2) is 70.6 Å². The number of carbonyl (C=O) groups is 1. The molecule has 1 amide bonds. The van der Waals surface area contributed by atoms with E-state index >= 15 is 0 Å². The summed E-state index contributed by atoms with van der Waals surface area (Å²) in [7, 11) is 0. The van der Waals surface area contributed by atoms with E-state index in [4.69, 9.17) is 23.9 Å². The van der Waals surface area contributed by atoms with E-state index in [1.54, 1.807) is 16.7 Å². The molecule has 41 heavy (non-hydrogen) atoms. The number of ether oxygens (including phenoxy) is 4. The monoisotopic (exact) mass is 574 g/mol. The van der Waals surface area contributed by atoms with Gasteiger partial charge in [-0.25, -0.2) is 4.98 Å². The largest absolute Gasteiger partial charge is 0.494 e. The van der Waals surface area contributed by atoms with Gasteiger partial charge in [-0.3, -0.25) is 14.2 Å². The highest BCUT2D eigenvalue weighted by molar-refractivity contribution is 7.99. The molecule has 0 saturated carbocycles. The van der Waals surface area contributed by atoms with Crippen molar-refractivity contribution in [2.45, 2.75) is 18.6 Å². The predicted octanol–water partition coefficient (Wildman–Crippen LogP) is 4.14. The average Bonchev–Trinajstić information content (AvgIpc) is 3.47. The smallest absolute Gasteiger partial charge is 0.262 e. The number of carbonyl (C=O) groups excluding carboxylic acids is 1. The van der Waals surface area contributed by atoms with Crippen molar-refractivity contribution in [2.24, 2.45) is 0 Å². The fourth-order valence-electron chi connectivity index (χ4n) is 4.81. The van der Waals surface area contributed by atoms with Crippen LogP contribution in [0.25, 0.3) is 10.9 Å². The van der Waals surface area contributed by atoms with Crippen molar-refractivity contribution < 1.29 is 23.7 Å². The number of anilines is 2. The van der Waals surface area contributed by atoms with Crippen LogP contribution in [0.3, 0.4) is 0 Å². The maximum Gasteiger partial charge on any atom is 0.262 e. The minimum atomic E-state index is -0.203. The van der Waals surface area contributed by atoms with Gasteiger partial charge in [-0.1, -0.05) is 17.8 Å². The molecular formula is C30H30N4O6S. The zero-order chi connectivity index (χ0) is 28.2. The van der Waals surface area contributed by atoms with Crippen molar-refractivity contribution in [2.75, 3.05) is 55.7 Å². The first-order chi connectivity index (χ1) is 20.1. The van der Waals surface area contributed by atoms with Gasteiger partial charge in [0.2, 0.25) is 12.7 Å². The van der Waals surface area contributed by atoms with E-state index in [1.165, 1.54) is 11.8 Å². The van der Waals surface area contributed by atoms with Crippen LogP contribution in [0.2, 0.25) is 0 Å². The van der Waals surface area contributed by atoms with Gasteiger partial charge >= 0.3 is 0 Å². The van der Waals surface area contributed by atoms with Crippen molar-refractivity contribution in [1.82, 2.24) is 9.55 Å². The van der Waals surface area contributed by atoms with E-state index in [2.05, 4.69) is 10.2 Å². The molecule has 2 aliphatic rings. The highest BCUT2D eigenvalue weighted by Gasteiger charge is 2.19. The van der Waals surface area contributed by atoms with Gasteiger partial charge in [0.05, 0.1) is 43.0 Å². The molecule has 1 fully saturated rings. The number of fused-ring (bicyclic) bond motifs is 2. The summed E-state index contributed by atoms with van der Waals surface area (Å²) in [6.07, 6.45) is 0. The number of nitrogens with zero attached hydrogens (tertiary/aromatic N) is 3. The van der Waals surface area contributed by atoms with Gasteiger partial charge in [-0.2, -0.15) is 0 Å². The molecule has 0 bridgehead atoms. The Labute approximate surface area is 241 Å². The second-order valence-corrected chi connectivity index (χ2v) is 10.5. The first-order valence-electron chi connectivity index (χ1n) is 13.5. The van der Waals surface area contributed by atoms with E-state index in [-0.39, 0.29) is 30.6 Å². The number of hydrogen-bond acceptors (Lipinski definition) is 9. The quantitative estimate of drug-likeness (QED) is 0.233. The highest BCUT2D eigenvalue weighted by atomic mass is 32.2. The van der Waals surface area contributed by atoms with Crippen LogP contribution in [-0.2, 0) is 16.1 Å². The summed E-state index contributed by atoms with van der Waals surface area (Å²) >= 11 is 1.22. The van der Waals surface area contributed by atoms with Gasteiger partial charge in [0.15, 0.2) is 16.7 Å². The standard InChI is InChI=1S/C30H30N4O6S/c1-2-38-23-7-4-21(5-8-23)31-28(35)18-41-30-32-25-9-6-22(33-11-13-37-14-12-33)16-24(25)29(36)34(30)17-20-3-10-26-27(15-20)40-19-39-26/h3-10,15-16H,2,11-14,17-19H2,1H3,(H,31,35). The Morgan fingerprint density at radius 3 is 2.63 bits per heavy atom. The third kappa shape index (κ3) is 6.10. The number of aromatic nitrogens is 2. The summed E-state index contributed by atoms with van der Waals surface area (Å²) in [5.74, 6) is 1.93. The molecule has 1 aromatic heterocycles. The summed E-state index contributed by atoms with van der Waals surface area (Å²) in [6, 6.07) is 18.6. The molecule has 1 N–H and O–H groups in total. The molecule has 6 rings (SSSR count). The van der Waals surface area contributed by atoms with Gasteiger partial charge in [0, 0.05) is 24.5 Å². The van der Waals surface area contributed by atoms with Crippen LogP contribution in [0.5, 0.6) is 17.2 Å². The molecule has 3 aromatic carbocycles. The van der Waals surface area contributed by atoms with Crippen molar-refractivity contribution in [3.8, 4) is 17.2 Å². The van der Waals surface area contributed by atoms with E-state index < -0.39 is 0 Å². The zero-order valence-electron chi connectivity index (χ0n) is 22.6.